The first-order chi connectivity index (χ1) is 8.20. The van der Waals surface area contributed by atoms with E-state index in [1.165, 1.54) is 6.07 Å². The van der Waals surface area contributed by atoms with Crippen LogP contribution in [0.25, 0.3) is 11.1 Å². The third-order valence-electron chi connectivity index (χ3n) is 2.68. The maximum Gasteiger partial charge on any atom is 0.131 e. The van der Waals surface area contributed by atoms with Crippen LogP contribution in [0.1, 0.15) is 11.1 Å². The molecule has 0 bridgehead atoms. The second-order valence-corrected chi connectivity index (χ2v) is 4.02. The van der Waals surface area contributed by atoms with Crippen molar-refractivity contribution < 1.29 is 4.39 Å². The van der Waals surface area contributed by atoms with Gasteiger partial charge in [0.05, 0.1) is 12.5 Å². The minimum absolute atomic E-state index is 0.241. The van der Waals surface area contributed by atoms with Crippen molar-refractivity contribution in [2.24, 2.45) is 0 Å². The highest BCUT2D eigenvalue weighted by Gasteiger charge is 2.05. The van der Waals surface area contributed by atoms with Crippen molar-refractivity contribution in [1.29, 1.82) is 5.26 Å². The smallest absolute Gasteiger partial charge is 0.131 e. The fourth-order valence-corrected chi connectivity index (χ4v) is 1.73. The molecular formula is C15H12FN. The van der Waals surface area contributed by atoms with E-state index in [1.54, 1.807) is 12.1 Å². The highest BCUT2D eigenvalue weighted by molar-refractivity contribution is 5.64. The van der Waals surface area contributed by atoms with Gasteiger partial charge >= 0.3 is 0 Å². The van der Waals surface area contributed by atoms with Gasteiger partial charge in [-0.05, 0) is 24.1 Å². The number of halogens is 1. The van der Waals surface area contributed by atoms with Crippen LogP contribution in [-0.2, 0) is 6.42 Å². The molecule has 0 amide bonds. The van der Waals surface area contributed by atoms with Crippen LogP contribution in [0.2, 0.25) is 0 Å². The topological polar surface area (TPSA) is 23.8 Å². The zero-order valence-corrected chi connectivity index (χ0v) is 9.57. The number of hydrogen-bond acceptors (Lipinski definition) is 1. The lowest BCUT2D eigenvalue weighted by Crippen LogP contribution is -1.88. The average Bonchev–Trinajstić information content (AvgIpc) is 2.31. The van der Waals surface area contributed by atoms with Crippen LogP contribution in [0.5, 0.6) is 0 Å². The molecule has 0 aromatic heterocycles. The van der Waals surface area contributed by atoms with E-state index in [0.717, 1.165) is 11.1 Å². The van der Waals surface area contributed by atoms with Crippen molar-refractivity contribution in [3.8, 4) is 17.2 Å². The lowest BCUT2D eigenvalue weighted by Gasteiger charge is -2.05. The molecule has 0 aliphatic heterocycles. The van der Waals surface area contributed by atoms with Gasteiger partial charge in [-0.2, -0.15) is 5.26 Å². The van der Waals surface area contributed by atoms with Crippen molar-refractivity contribution >= 4 is 0 Å². The first-order valence-corrected chi connectivity index (χ1v) is 5.43. The normalized spacial score (nSPS) is 9.94. The van der Waals surface area contributed by atoms with E-state index in [2.05, 4.69) is 0 Å². The van der Waals surface area contributed by atoms with Crippen LogP contribution >= 0.6 is 0 Å². The van der Waals surface area contributed by atoms with Gasteiger partial charge in [-0.25, -0.2) is 4.39 Å². The molecule has 0 heterocycles. The highest BCUT2D eigenvalue weighted by Crippen LogP contribution is 2.24. The zero-order valence-electron chi connectivity index (χ0n) is 9.57. The molecule has 0 atom stereocenters. The molecule has 17 heavy (non-hydrogen) atoms. The van der Waals surface area contributed by atoms with Crippen LogP contribution in [0.3, 0.4) is 0 Å². The van der Waals surface area contributed by atoms with Crippen molar-refractivity contribution in [2.75, 3.05) is 0 Å². The SMILES string of the molecule is Cc1ccc(-c2ccc(CC#N)cc2F)cc1. The Hall–Kier alpha value is -2.14. The summed E-state index contributed by atoms with van der Waals surface area (Å²) in [6.07, 6.45) is 0.241. The van der Waals surface area contributed by atoms with Crippen LogP contribution in [-0.4, -0.2) is 0 Å². The molecule has 0 unspecified atom stereocenters. The zero-order chi connectivity index (χ0) is 12.3. The standard InChI is InChI=1S/C15H12FN/c1-11-2-5-13(6-3-11)14-7-4-12(8-9-17)10-15(14)16/h2-7,10H,8H2,1H3. The van der Waals surface area contributed by atoms with Gasteiger partial charge < -0.3 is 0 Å². The Bertz CT molecular complexity index is 564. The molecule has 0 spiro atoms. The number of nitrogens with zero attached hydrogens (tertiary/aromatic N) is 1. The van der Waals surface area contributed by atoms with E-state index < -0.39 is 0 Å². The van der Waals surface area contributed by atoms with Gasteiger partial charge in [0.1, 0.15) is 5.82 Å². The molecular weight excluding hydrogens is 213 g/mol. The molecule has 0 aliphatic rings. The van der Waals surface area contributed by atoms with E-state index in [1.807, 2.05) is 37.3 Å². The Balaban J connectivity index is 2.40. The average molecular weight is 225 g/mol. The second-order valence-electron chi connectivity index (χ2n) is 4.02. The summed E-state index contributed by atoms with van der Waals surface area (Å²) in [5.41, 5.74) is 3.29. The molecule has 1 nitrogen and oxygen atoms in total. The molecule has 0 N–H and O–H groups in total. The minimum atomic E-state index is -0.276. The largest absolute Gasteiger partial charge is 0.206 e. The van der Waals surface area contributed by atoms with Gasteiger partial charge in [0, 0.05) is 5.56 Å². The van der Waals surface area contributed by atoms with E-state index in [4.69, 9.17) is 5.26 Å². The molecule has 2 rings (SSSR count). The summed E-state index contributed by atoms with van der Waals surface area (Å²) < 4.78 is 13.9. The first-order valence-electron chi connectivity index (χ1n) is 5.43. The summed E-state index contributed by atoms with van der Waals surface area (Å²) in [6.45, 7) is 2.00. The fraction of sp³-hybridized carbons (Fsp3) is 0.133. The maximum atomic E-state index is 13.9. The second kappa shape index (κ2) is 4.80. The van der Waals surface area contributed by atoms with Gasteiger partial charge in [0.2, 0.25) is 0 Å². The number of aryl methyl sites for hydroxylation is 1. The van der Waals surface area contributed by atoms with E-state index >= 15 is 0 Å². The summed E-state index contributed by atoms with van der Waals surface area (Å²) in [7, 11) is 0. The Morgan fingerprint density at radius 3 is 2.41 bits per heavy atom. The van der Waals surface area contributed by atoms with Gasteiger partial charge in [-0.1, -0.05) is 42.0 Å². The Kier molecular flexibility index (Phi) is 3.20. The maximum absolute atomic E-state index is 13.9. The van der Waals surface area contributed by atoms with Crippen LogP contribution in [0.15, 0.2) is 42.5 Å². The minimum Gasteiger partial charge on any atom is -0.206 e. The molecule has 0 radical (unpaired) electrons. The summed E-state index contributed by atoms with van der Waals surface area (Å²) in [5, 5.41) is 8.55. The Morgan fingerprint density at radius 1 is 1.12 bits per heavy atom. The van der Waals surface area contributed by atoms with Crippen molar-refractivity contribution in [1.82, 2.24) is 0 Å². The quantitative estimate of drug-likeness (QED) is 0.761. The van der Waals surface area contributed by atoms with Gasteiger partial charge in [0.25, 0.3) is 0 Å². The van der Waals surface area contributed by atoms with Crippen molar-refractivity contribution in [2.45, 2.75) is 13.3 Å². The third kappa shape index (κ3) is 2.51. The first kappa shape index (κ1) is 11.3. The summed E-state index contributed by atoms with van der Waals surface area (Å²) >= 11 is 0. The number of rotatable bonds is 2. The molecule has 2 aromatic carbocycles. The third-order valence-corrected chi connectivity index (χ3v) is 2.68. The van der Waals surface area contributed by atoms with E-state index in [9.17, 15) is 4.39 Å². The lowest BCUT2D eigenvalue weighted by molar-refractivity contribution is 0.629. The number of nitriles is 1. The highest BCUT2D eigenvalue weighted by atomic mass is 19.1. The van der Waals surface area contributed by atoms with E-state index in [-0.39, 0.29) is 12.2 Å². The van der Waals surface area contributed by atoms with E-state index in [0.29, 0.717) is 11.1 Å². The number of hydrogen-bond donors (Lipinski definition) is 0. The summed E-state index contributed by atoms with van der Waals surface area (Å²) in [5.74, 6) is -0.276. The number of benzene rings is 2. The van der Waals surface area contributed by atoms with Gasteiger partial charge in [0.15, 0.2) is 0 Å². The molecule has 2 heteroatoms. The molecule has 0 saturated heterocycles. The predicted octanol–water partition coefficient (Wildman–Crippen LogP) is 3.87. The van der Waals surface area contributed by atoms with Crippen LogP contribution in [0.4, 0.5) is 4.39 Å². The predicted molar refractivity (Wildman–Crippen MR) is 65.9 cm³/mol. The molecule has 0 saturated carbocycles. The monoisotopic (exact) mass is 225 g/mol. The van der Waals surface area contributed by atoms with Gasteiger partial charge in [-0.3, -0.25) is 0 Å². The van der Waals surface area contributed by atoms with Gasteiger partial charge in [-0.15, -0.1) is 0 Å². The van der Waals surface area contributed by atoms with Crippen LogP contribution in [0, 0.1) is 24.1 Å². The molecule has 84 valence electrons. The Morgan fingerprint density at radius 2 is 1.82 bits per heavy atom. The molecule has 0 fully saturated rings. The fourth-order valence-electron chi connectivity index (χ4n) is 1.73. The van der Waals surface area contributed by atoms with Crippen molar-refractivity contribution in [3.05, 3.63) is 59.4 Å². The molecule has 0 aliphatic carbocycles. The van der Waals surface area contributed by atoms with Crippen molar-refractivity contribution in [3.63, 3.8) is 0 Å². The lowest BCUT2D eigenvalue weighted by atomic mass is 10.0. The summed E-state index contributed by atoms with van der Waals surface area (Å²) in [6, 6.07) is 14.7. The Labute approximate surface area is 100 Å². The molecule has 2 aromatic rings. The summed E-state index contributed by atoms with van der Waals surface area (Å²) in [4.78, 5) is 0. The van der Waals surface area contributed by atoms with Crippen LogP contribution < -0.4 is 0 Å².